The van der Waals surface area contributed by atoms with Gasteiger partial charge in [0, 0.05) is 35.5 Å². The molecule has 1 saturated carbocycles. The minimum Gasteiger partial charge on any atom is -0.339 e. The molecule has 1 aliphatic heterocycles. The molecule has 5 nitrogen and oxygen atoms in total. The standard InChI is InChI=1S/C18H20ClN3O2/c19-14-6-4-5-12(9-14)18-20-17(21-24-18)13-10-16(23)22(11-13)15-7-2-1-3-8-15/h4-6,9,13,15H,1-3,7-8,10-11H2/t13-/m0/s1. The van der Waals surface area contributed by atoms with Crippen molar-refractivity contribution in [2.24, 2.45) is 0 Å². The Hall–Kier alpha value is -1.88. The molecule has 0 radical (unpaired) electrons. The zero-order chi connectivity index (χ0) is 16.5. The van der Waals surface area contributed by atoms with Crippen molar-refractivity contribution in [1.82, 2.24) is 15.0 Å². The molecule has 0 unspecified atom stereocenters. The Bertz CT molecular complexity index is 739. The predicted octanol–water partition coefficient (Wildman–Crippen LogP) is 4.04. The number of likely N-dealkylation sites (tertiary alicyclic amines) is 1. The van der Waals surface area contributed by atoms with Crippen LogP contribution in [0.3, 0.4) is 0 Å². The average molecular weight is 346 g/mol. The van der Waals surface area contributed by atoms with Gasteiger partial charge in [-0.05, 0) is 31.0 Å². The van der Waals surface area contributed by atoms with Gasteiger partial charge >= 0.3 is 0 Å². The molecule has 4 rings (SSSR count). The van der Waals surface area contributed by atoms with Gasteiger partial charge in [0.2, 0.25) is 5.91 Å². The van der Waals surface area contributed by atoms with Crippen molar-refractivity contribution in [3.8, 4) is 11.5 Å². The SMILES string of the molecule is O=C1C[C@H](c2noc(-c3cccc(Cl)c3)n2)CN1C1CCCCC1. The van der Waals surface area contributed by atoms with Crippen LogP contribution in [0.25, 0.3) is 11.5 Å². The van der Waals surface area contributed by atoms with Gasteiger partial charge in [-0.3, -0.25) is 4.79 Å². The third-order valence-corrected chi connectivity index (χ3v) is 5.29. The zero-order valence-corrected chi connectivity index (χ0v) is 14.2. The lowest BCUT2D eigenvalue weighted by atomic mass is 9.94. The molecule has 1 saturated heterocycles. The molecule has 1 aromatic carbocycles. The van der Waals surface area contributed by atoms with Crippen LogP contribution in [0.2, 0.25) is 5.02 Å². The van der Waals surface area contributed by atoms with E-state index in [0.29, 0.717) is 35.7 Å². The maximum absolute atomic E-state index is 12.4. The van der Waals surface area contributed by atoms with E-state index >= 15 is 0 Å². The van der Waals surface area contributed by atoms with Gasteiger partial charge in [-0.2, -0.15) is 4.98 Å². The Morgan fingerprint density at radius 2 is 2.04 bits per heavy atom. The van der Waals surface area contributed by atoms with E-state index in [4.69, 9.17) is 16.1 Å². The Morgan fingerprint density at radius 3 is 2.83 bits per heavy atom. The van der Waals surface area contributed by atoms with Gasteiger partial charge in [-0.1, -0.05) is 42.1 Å². The first-order valence-electron chi connectivity index (χ1n) is 8.60. The topological polar surface area (TPSA) is 59.2 Å². The van der Waals surface area contributed by atoms with Crippen molar-refractivity contribution in [2.45, 2.75) is 50.5 Å². The summed E-state index contributed by atoms with van der Waals surface area (Å²) < 4.78 is 5.38. The third-order valence-electron chi connectivity index (χ3n) is 5.05. The summed E-state index contributed by atoms with van der Waals surface area (Å²) in [5.41, 5.74) is 0.801. The number of hydrogen-bond donors (Lipinski definition) is 0. The van der Waals surface area contributed by atoms with Crippen LogP contribution in [0.15, 0.2) is 28.8 Å². The number of halogens is 1. The van der Waals surface area contributed by atoms with Gasteiger partial charge in [0.1, 0.15) is 0 Å². The highest BCUT2D eigenvalue weighted by molar-refractivity contribution is 6.30. The van der Waals surface area contributed by atoms with E-state index in [2.05, 4.69) is 10.1 Å². The Balaban J connectivity index is 1.50. The largest absolute Gasteiger partial charge is 0.339 e. The molecule has 1 aliphatic carbocycles. The molecule has 2 heterocycles. The number of nitrogens with zero attached hydrogens (tertiary/aromatic N) is 3. The molecule has 126 valence electrons. The van der Waals surface area contributed by atoms with Crippen molar-refractivity contribution < 1.29 is 9.32 Å². The molecule has 1 aromatic heterocycles. The monoisotopic (exact) mass is 345 g/mol. The number of amides is 1. The smallest absolute Gasteiger partial charge is 0.257 e. The number of carbonyl (C=O) groups excluding carboxylic acids is 1. The van der Waals surface area contributed by atoms with E-state index in [-0.39, 0.29) is 11.8 Å². The van der Waals surface area contributed by atoms with Crippen LogP contribution in [-0.4, -0.2) is 33.5 Å². The van der Waals surface area contributed by atoms with Crippen LogP contribution in [0.1, 0.15) is 50.3 Å². The summed E-state index contributed by atoms with van der Waals surface area (Å²) in [7, 11) is 0. The van der Waals surface area contributed by atoms with Gasteiger partial charge in [-0.15, -0.1) is 0 Å². The highest BCUT2D eigenvalue weighted by Crippen LogP contribution is 2.33. The normalized spacial score (nSPS) is 22.3. The lowest BCUT2D eigenvalue weighted by Crippen LogP contribution is -2.37. The minimum atomic E-state index is 0.0242. The lowest BCUT2D eigenvalue weighted by Gasteiger charge is -2.31. The number of aromatic nitrogens is 2. The molecule has 0 spiro atoms. The quantitative estimate of drug-likeness (QED) is 0.842. The van der Waals surface area contributed by atoms with Crippen LogP contribution in [0.4, 0.5) is 0 Å². The molecule has 24 heavy (non-hydrogen) atoms. The van der Waals surface area contributed by atoms with Crippen LogP contribution < -0.4 is 0 Å². The number of carbonyl (C=O) groups is 1. The van der Waals surface area contributed by atoms with Crippen LogP contribution in [0.5, 0.6) is 0 Å². The summed E-state index contributed by atoms with van der Waals surface area (Å²) >= 11 is 6.01. The minimum absolute atomic E-state index is 0.0242. The van der Waals surface area contributed by atoms with E-state index in [0.717, 1.165) is 18.4 Å². The van der Waals surface area contributed by atoms with Gasteiger partial charge in [0.15, 0.2) is 5.82 Å². The summed E-state index contributed by atoms with van der Waals surface area (Å²) in [5.74, 6) is 1.32. The molecule has 6 heteroatoms. The highest BCUT2D eigenvalue weighted by Gasteiger charge is 2.37. The summed E-state index contributed by atoms with van der Waals surface area (Å²) in [6.07, 6.45) is 6.46. The molecule has 2 aliphatic rings. The molecular formula is C18H20ClN3O2. The van der Waals surface area contributed by atoms with Gasteiger partial charge in [0.25, 0.3) is 5.89 Å². The molecule has 0 N–H and O–H groups in total. The Kier molecular flexibility index (Phi) is 4.27. The van der Waals surface area contributed by atoms with Gasteiger partial charge < -0.3 is 9.42 Å². The number of hydrogen-bond acceptors (Lipinski definition) is 4. The van der Waals surface area contributed by atoms with Crippen molar-refractivity contribution >= 4 is 17.5 Å². The van der Waals surface area contributed by atoms with Crippen LogP contribution in [-0.2, 0) is 4.79 Å². The number of benzene rings is 1. The van der Waals surface area contributed by atoms with Crippen LogP contribution in [0, 0.1) is 0 Å². The molecular weight excluding hydrogens is 326 g/mol. The van der Waals surface area contributed by atoms with Crippen molar-refractivity contribution in [3.63, 3.8) is 0 Å². The Morgan fingerprint density at radius 1 is 1.21 bits per heavy atom. The summed E-state index contributed by atoms with van der Waals surface area (Å²) in [6.45, 7) is 0.706. The van der Waals surface area contributed by atoms with Crippen molar-refractivity contribution in [3.05, 3.63) is 35.1 Å². The summed E-state index contributed by atoms with van der Waals surface area (Å²) in [6, 6.07) is 7.74. The molecule has 2 fully saturated rings. The molecule has 0 bridgehead atoms. The van der Waals surface area contributed by atoms with E-state index in [9.17, 15) is 4.79 Å². The first-order valence-corrected chi connectivity index (χ1v) is 8.97. The second-order valence-corrected chi connectivity index (χ2v) is 7.14. The fourth-order valence-electron chi connectivity index (χ4n) is 3.79. The second kappa shape index (κ2) is 6.55. The third kappa shape index (κ3) is 3.05. The molecule has 1 atom stereocenters. The summed E-state index contributed by atoms with van der Waals surface area (Å²) in [5, 5.41) is 4.74. The summed E-state index contributed by atoms with van der Waals surface area (Å²) in [4.78, 5) is 18.9. The molecule has 1 amide bonds. The van der Waals surface area contributed by atoms with E-state index in [1.54, 1.807) is 12.1 Å². The highest BCUT2D eigenvalue weighted by atomic mass is 35.5. The van der Waals surface area contributed by atoms with Crippen molar-refractivity contribution in [1.29, 1.82) is 0 Å². The fourth-order valence-corrected chi connectivity index (χ4v) is 3.98. The van der Waals surface area contributed by atoms with Crippen molar-refractivity contribution in [2.75, 3.05) is 6.54 Å². The lowest BCUT2D eigenvalue weighted by molar-refractivity contribution is -0.130. The Labute approximate surface area is 146 Å². The van der Waals surface area contributed by atoms with Gasteiger partial charge in [-0.25, -0.2) is 0 Å². The predicted molar refractivity (Wildman–Crippen MR) is 90.7 cm³/mol. The van der Waals surface area contributed by atoms with E-state index in [1.807, 2.05) is 17.0 Å². The van der Waals surface area contributed by atoms with E-state index in [1.165, 1.54) is 19.3 Å². The van der Waals surface area contributed by atoms with Gasteiger partial charge in [0.05, 0.1) is 0 Å². The first-order chi connectivity index (χ1) is 11.7. The number of rotatable bonds is 3. The fraction of sp³-hybridized carbons (Fsp3) is 0.500. The van der Waals surface area contributed by atoms with Crippen LogP contribution >= 0.6 is 11.6 Å². The maximum atomic E-state index is 12.4. The first kappa shape index (κ1) is 15.6. The van der Waals surface area contributed by atoms with E-state index < -0.39 is 0 Å². The average Bonchev–Trinajstić information content (AvgIpc) is 3.22. The second-order valence-electron chi connectivity index (χ2n) is 6.71. The molecule has 2 aromatic rings. The maximum Gasteiger partial charge on any atom is 0.257 e. The zero-order valence-electron chi connectivity index (χ0n) is 13.4.